The molecule has 2 aromatic carbocycles. The molecule has 0 radical (unpaired) electrons. The monoisotopic (exact) mass is 348 g/mol. The summed E-state index contributed by atoms with van der Waals surface area (Å²) in [4.78, 5) is 12.2. The van der Waals surface area contributed by atoms with Crippen molar-refractivity contribution in [3.8, 4) is 0 Å². The molecule has 1 heterocycles. The summed E-state index contributed by atoms with van der Waals surface area (Å²) in [5, 5.41) is 2.66. The number of rotatable bonds is 3. The molecule has 0 unspecified atom stereocenters. The first-order chi connectivity index (χ1) is 11.4. The Morgan fingerprint density at radius 1 is 1.21 bits per heavy atom. The Balaban J connectivity index is 1.87. The maximum Gasteiger partial charge on any atom is 0.258 e. The van der Waals surface area contributed by atoms with E-state index in [1.54, 1.807) is 24.3 Å². The molecule has 7 heteroatoms. The minimum absolute atomic E-state index is 0.0343. The molecule has 1 amide bonds. The minimum atomic E-state index is -3.33. The van der Waals surface area contributed by atoms with Crippen LogP contribution in [0.5, 0.6) is 0 Å². The van der Waals surface area contributed by atoms with Crippen molar-refractivity contribution in [2.24, 2.45) is 0 Å². The maximum absolute atomic E-state index is 13.7. The summed E-state index contributed by atoms with van der Waals surface area (Å²) in [5.41, 5.74) is 1.95. The molecule has 5 nitrogen and oxygen atoms in total. The van der Waals surface area contributed by atoms with Crippen LogP contribution in [0.4, 0.5) is 15.8 Å². The fourth-order valence-electron chi connectivity index (χ4n) is 2.83. The van der Waals surface area contributed by atoms with Gasteiger partial charge in [0.15, 0.2) is 0 Å². The van der Waals surface area contributed by atoms with Gasteiger partial charge in [-0.05, 0) is 48.7 Å². The Kier molecular flexibility index (Phi) is 4.28. The van der Waals surface area contributed by atoms with Crippen LogP contribution in [0.3, 0.4) is 0 Å². The van der Waals surface area contributed by atoms with Gasteiger partial charge in [-0.3, -0.25) is 9.10 Å². The molecule has 0 aromatic heterocycles. The molecule has 0 aliphatic carbocycles. The SMILES string of the molecule is CS(=O)(=O)N1CCCc2cc(NC(=O)c3ccccc3F)ccc21. The van der Waals surface area contributed by atoms with Crippen molar-refractivity contribution in [2.75, 3.05) is 22.4 Å². The third-order valence-corrected chi connectivity index (χ3v) is 5.11. The van der Waals surface area contributed by atoms with Crippen LogP contribution in [0, 0.1) is 5.82 Å². The van der Waals surface area contributed by atoms with E-state index in [-0.39, 0.29) is 5.56 Å². The fourth-order valence-corrected chi connectivity index (χ4v) is 3.82. The summed E-state index contributed by atoms with van der Waals surface area (Å²) in [6.07, 6.45) is 2.62. The van der Waals surface area contributed by atoms with Crippen molar-refractivity contribution >= 4 is 27.3 Å². The third kappa shape index (κ3) is 3.26. The Morgan fingerprint density at radius 2 is 1.96 bits per heavy atom. The molecule has 0 bridgehead atoms. The number of carbonyl (C=O) groups excluding carboxylic acids is 1. The summed E-state index contributed by atoms with van der Waals surface area (Å²) in [6.45, 7) is 0.451. The van der Waals surface area contributed by atoms with E-state index in [4.69, 9.17) is 0 Å². The van der Waals surface area contributed by atoms with Crippen molar-refractivity contribution in [1.29, 1.82) is 0 Å². The van der Waals surface area contributed by atoms with Crippen LogP contribution >= 0.6 is 0 Å². The number of nitrogens with zero attached hydrogens (tertiary/aromatic N) is 1. The third-order valence-electron chi connectivity index (χ3n) is 3.93. The number of nitrogens with one attached hydrogen (secondary N) is 1. The van der Waals surface area contributed by atoms with E-state index in [9.17, 15) is 17.6 Å². The highest BCUT2D eigenvalue weighted by atomic mass is 32.2. The second kappa shape index (κ2) is 6.24. The van der Waals surface area contributed by atoms with Gasteiger partial charge >= 0.3 is 0 Å². The van der Waals surface area contributed by atoms with Crippen LogP contribution in [0.2, 0.25) is 0 Å². The van der Waals surface area contributed by atoms with E-state index >= 15 is 0 Å². The number of benzene rings is 2. The number of aryl methyl sites for hydroxylation is 1. The first-order valence-electron chi connectivity index (χ1n) is 7.53. The van der Waals surface area contributed by atoms with Gasteiger partial charge in [0.05, 0.1) is 17.5 Å². The van der Waals surface area contributed by atoms with Gasteiger partial charge in [-0.2, -0.15) is 0 Å². The summed E-state index contributed by atoms with van der Waals surface area (Å²) < 4.78 is 38.7. The van der Waals surface area contributed by atoms with Gasteiger partial charge in [0.25, 0.3) is 5.91 Å². The maximum atomic E-state index is 13.7. The van der Waals surface area contributed by atoms with Gasteiger partial charge in [-0.25, -0.2) is 12.8 Å². The van der Waals surface area contributed by atoms with Crippen LogP contribution in [0.1, 0.15) is 22.3 Å². The highest BCUT2D eigenvalue weighted by molar-refractivity contribution is 7.92. The average molecular weight is 348 g/mol. The minimum Gasteiger partial charge on any atom is -0.322 e. The van der Waals surface area contributed by atoms with Gasteiger partial charge in [0.2, 0.25) is 10.0 Å². The molecule has 126 valence electrons. The van der Waals surface area contributed by atoms with Crippen LogP contribution in [0.15, 0.2) is 42.5 Å². The zero-order chi connectivity index (χ0) is 17.3. The lowest BCUT2D eigenvalue weighted by molar-refractivity contribution is 0.102. The predicted octanol–water partition coefficient (Wildman–Crippen LogP) is 2.79. The lowest BCUT2D eigenvalue weighted by Gasteiger charge is -2.29. The zero-order valence-electron chi connectivity index (χ0n) is 13.1. The highest BCUT2D eigenvalue weighted by Gasteiger charge is 2.24. The van der Waals surface area contributed by atoms with Gasteiger partial charge < -0.3 is 5.32 Å². The van der Waals surface area contributed by atoms with Crippen molar-refractivity contribution < 1.29 is 17.6 Å². The number of anilines is 2. The van der Waals surface area contributed by atoms with Crippen molar-refractivity contribution in [1.82, 2.24) is 0 Å². The van der Waals surface area contributed by atoms with Gasteiger partial charge in [-0.15, -0.1) is 0 Å². The molecule has 0 fully saturated rings. The van der Waals surface area contributed by atoms with Crippen LogP contribution in [-0.2, 0) is 16.4 Å². The van der Waals surface area contributed by atoms with Gasteiger partial charge in [0, 0.05) is 12.2 Å². The van der Waals surface area contributed by atoms with E-state index in [1.165, 1.54) is 28.8 Å². The van der Waals surface area contributed by atoms with E-state index in [0.717, 1.165) is 12.0 Å². The number of hydrogen-bond donors (Lipinski definition) is 1. The van der Waals surface area contributed by atoms with Gasteiger partial charge in [0.1, 0.15) is 5.82 Å². The quantitative estimate of drug-likeness (QED) is 0.927. The first-order valence-corrected chi connectivity index (χ1v) is 9.37. The van der Waals surface area contributed by atoms with Crippen molar-refractivity contribution in [3.63, 3.8) is 0 Å². The second-order valence-electron chi connectivity index (χ2n) is 5.72. The standard InChI is InChI=1S/C17H17FN2O3S/c1-24(22,23)20-10-4-5-12-11-13(8-9-16(12)20)19-17(21)14-6-2-3-7-15(14)18/h2-3,6-9,11H,4-5,10H2,1H3,(H,19,21). The van der Waals surface area contributed by atoms with Crippen LogP contribution < -0.4 is 9.62 Å². The number of fused-ring (bicyclic) bond motifs is 1. The van der Waals surface area contributed by atoms with Crippen LogP contribution in [0.25, 0.3) is 0 Å². The van der Waals surface area contributed by atoms with Crippen molar-refractivity contribution in [3.05, 3.63) is 59.4 Å². The highest BCUT2D eigenvalue weighted by Crippen LogP contribution is 2.31. The molecule has 3 rings (SSSR count). The summed E-state index contributed by atoms with van der Waals surface area (Å²) in [5.74, 6) is -1.12. The topological polar surface area (TPSA) is 66.5 Å². The predicted molar refractivity (Wildman–Crippen MR) is 91.3 cm³/mol. The summed E-state index contributed by atoms with van der Waals surface area (Å²) in [6, 6.07) is 10.8. The Labute approximate surface area is 140 Å². The van der Waals surface area contributed by atoms with Crippen molar-refractivity contribution in [2.45, 2.75) is 12.8 Å². The van der Waals surface area contributed by atoms with E-state index < -0.39 is 21.7 Å². The molecule has 2 aromatic rings. The average Bonchev–Trinajstić information content (AvgIpc) is 2.53. The van der Waals surface area contributed by atoms with E-state index in [0.29, 0.717) is 24.3 Å². The molecule has 1 aliphatic heterocycles. The molecule has 24 heavy (non-hydrogen) atoms. The van der Waals surface area contributed by atoms with Gasteiger partial charge in [-0.1, -0.05) is 12.1 Å². The fraction of sp³-hybridized carbons (Fsp3) is 0.235. The second-order valence-corrected chi connectivity index (χ2v) is 7.62. The molecule has 1 N–H and O–H groups in total. The number of amides is 1. The molecule has 0 spiro atoms. The Bertz CT molecular complexity index is 896. The molecular weight excluding hydrogens is 331 g/mol. The summed E-state index contributed by atoms with van der Waals surface area (Å²) in [7, 11) is -3.33. The molecular formula is C17H17FN2O3S. The molecule has 0 saturated carbocycles. The molecule has 0 saturated heterocycles. The normalized spacial score (nSPS) is 14.2. The lowest BCUT2D eigenvalue weighted by Crippen LogP contribution is -2.34. The summed E-state index contributed by atoms with van der Waals surface area (Å²) >= 11 is 0. The number of halogens is 1. The number of carbonyl (C=O) groups is 1. The Morgan fingerprint density at radius 3 is 2.67 bits per heavy atom. The zero-order valence-corrected chi connectivity index (χ0v) is 13.9. The Hall–Kier alpha value is -2.41. The van der Waals surface area contributed by atoms with E-state index in [1.807, 2.05) is 0 Å². The van der Waals surface area contributed by atoms with Crippen LogP contribution in [-0.4, -0.2) is 27.1 Å². The molecule has 1 aliphatic rings. The number of sulfonamides is 1. The van der Waals surface area contributed by atoms with E-state index in [2.05, 4.69) is 5.32 Å². The smallest absolute Gasteiger partial charge is 0.258 e. The lowest BCUT2D eigenvalue weighted by atomic mass is 10.0. The largest absolute Gasteiger partial charge is 0.322 e. The first kappa shape index (κ1) is 16.4. The number of hydrogen-bond acceptors (Lipinski definition) is 3. The molecule has 0 atom stereocenters.